The topological polar surface area (TPSA) is 34.9 Å². The first-order chi connectivity index (χ1) is 8.00. The second kappa shape index (κ2) is 4.74. The molecule has 90 valence electrons. The van der Waals surface area contributed by atoms with Crippen LogP contribution >= 0.6 is 27.3 Å². The zero-order chi connectivity index (χ0) is 12.6. The van der Waals surface area contributed by atoms with Gasteiger partial charge in [-0.3, -0.25) is 9.48 Å². The van der Waals surface area contributed by atoms with Crippen molar-refractivity contribution in [2.24, 2.45) is 7.05 Å². The number of nitrogens with zero attached hydrogens (tertiary/aromatic N) is 2. The lowest BCUT2D eigenvalue weighted by Crippen LogP contribution is -2.08. The Kier molecular flexibility index (Phi) is 3.49. The van der Waals surface area contributed by atoms with E-state index in [1.807, 2.05) is 31.7 Å². The van der Waals surface area contributed by atoms with Gasteiger partial charge in [0.05, 0.1) is 22.3 Å². The average molecular weight is 313 g/mol. The Bertz CT molecular complexity index is 571. The maximum Gasteiger partial charge on any atom is 0.169 e. The summed E-state index contributed by atoms with van der Waals surface area (Å²) in [6, 6.07) is 0. The molecule has 5 heteroatoms. The molecule has 0 aliphatic rings. The van der Waals surface area contributed by atoms with Crippen LogP contribution in [0.15, 0.2) is 15.2 Å². The van der Waals surface area contributed by atoms with Crippen LogP contribution in [0, 0.1) is 13.8 Å². The minimum Gasteiger partial charge on any atom is -0.294 e. The van der Waals surface area contributed by atoms with Crippen molar-refractivity contribution in [1.82, 2.24) is 9.78 Å². The summed E-state index contributed by atoms with van der Waals surface area (Å²) < 4.78 is 2.69. The van der Waals surface area contributed by atoms with E-state index in [2.05, 4.69) is 21.0 Å². The molecule has 0 saturated heterocycles. The molecule has 0 saturated carbocycles. The number of aryl methyl sites for hydroxylation is 3. The molecule has 2 heterocycles. The normalized spacial score (nSPS) is 10.8. The quantitative estimate of drug-likeness (QED) is 0.815. The highest BCUT2D eigenvalue weighted by Crippen LogP contribution is 2.23. The Morgan fingerprint density at radius 3 is 2.65 bits per heavy atom. The van der Waals surface area contributed by atoms with E-state index in [0.717, 1.165) is 27.0 Å². The number of thiophene rings is 1. The Morgan fingerprint density at radius 1 is 1.47 bits per heavy atom. The van der Waals surface area contributed by atoms with Crippen LogP contribution in [0.4, 0.5) is 0 Å². The number of hydrogen-bond donors (Lipinski definition) is 0. The molecule has 17 heavy (non-hydrogen) atoms. The molecule has 0 unspecified atom stereocenters. The van der Waals surface area contributed by atoms with Crippen molar-refractivity contribution in [3.05, 3.63) is 37.7 Å². The summed E-state index contributed by atoms with van der Waals surface area (Å²) in [6.07, 6.45) is 0.384. The van der Waals surface area contributed by atoms with Crippen LogP contribution in [0.1, 0.15) is 27.3 Å². The van der Waals surface area contributed by atoms with Gasteiger partial charge in [-0.1, -0.05) is 0 Å². The molecule has 0 N–H and O–H groups in total. The molecule has 2 aromatic rings. The van der Waals surface area contributed by atoms with Gasteiger partial charge in [-0.2, -0.15) is 16.4 Å². The predicted octanol–water partition coefficient (Wildman–Crippen LogP) is 3.29. The Morgan fingerprint density at radius 2 is 2.18 bits per heavy atom. The van der Waals surface area contributed by atoms with E-state index in [-0.39, 0.29) is 5.78 Å². The third-order valence-corrected chi connectivity index (χ3v) is 4.64. The van der Waals surface area contributed by atoms with E-state index >= 15 is 0 Å². The van der Waals surface area contributed by atoms with Crippen LogP contribution in [-0.2, 0) is 13.5 Å². The van der Waals surface area contributed by atoms with Crippen LogP contribution in [0.5, 0.6) is 0 Å². The molecule has 0 spiro atoms. The number of carbonyl (C=O) groups excluding carboxylic acids is 1. The summed E-state index contributed by atoms with van der Waals surface area (Å²) in [6.45, 7) is 3.89. The molecule has 0 radical (unpaired) electrons. The van der Waals surface area contributed by atoms with Crippen molar-refractivity contribution in [2.45, 2.75) is 20.3 Å². The van der Waals surface area contributed by atoms with E-state index in [1.54, 1.807) is 16.0 Å². The third-order valence-electron chi connectivity index (χ3n) is 2.75. The summed E-state index contributed by atoms with van der Waals surface area (Å²) >= 11 is 5.04. The fraction of sp³-hybridized carbons (Fsp3) is 0.333. The third kappa shape index (κ3) is 2.35. The predicted molar refractivity (Wildman–Crippen MR) is 72.7 cm³/mol. The van der Waals surface area contributed by atoms with Gasteiger partial charge in [0.1, 0.15) is 0 Å². The average Bonchev–Trinajstić information content (AvgIpc) is 2.78. The minimum absolute atomic E-state index is 0.146. The van der Waals surface area contributed by atoms with E-state index in [4.69, 9.17) is 0 Å². The lowest BCUT2D eigenvalue weighted by Gasteiger charge is -2.02. The van der Waals surface area contributed by atoms with Crippen molar-refractivity contribution < 1.29 is 4.79 Å². The first kappa shape index (κ1) is 12.5. The summed E-state index contributed by atoms with van der Waals surface area (Å²) in [7, 11) is 1.86. The lowest BCUT2D eigenvalue weighted by atomic mass is 10.1. The number of rotatable bonds is 3. The summed E-state index contributed by atoms with van der Waals surface area (Å²) in [5, 5.41) is 8.20. The number of Topliss-reactive ketones (excluding diaryl/α,β-unsaturated/α-hetero) is 1. The highest BCUT2D eigenvalue weighted by molar-refractivity contribution is 9.10. The van der Waals surface area contributed by atoms with Crippen LogP contribution < -0.4 is 0 Å². The summed E-state index contributed by atoms with van der Waals surface area (Å²) in [5.41, 5.74) is 3.71. The molecule has 0 aliphatic carbocycles. The van der Waals surface area contributed by atoms with Crippen LogP contribution in [0.3, 0.4) is 0 Å². The van der Waals surface area contributed by atoms with Gasteiger partial charge in [0, 0.05) is 18.0 Å². The molecule has 2 aromatic heterocycles. The van der Waals surface area contributed by atoms with Gasteiger partial charge in [-0.25, -0.2) is 0 Å². The molecule has 0 aliphatic heterocycles. The van der Waals surface area contributed by atoms with Crippen LogP contribution in [0.25, 0.3) is 0 Å². The van der Waals surface area contributed by atoms with Gasteiger partial charge < -0.3 is 0 Å². The fourth-order valence-corrected chi connectivity index (χ4v) is 3.09. The Labute approximate surface area is 113 Å². The van der Waals surface area contributed by atoms with E-state index < -0.39 is 0 Å². The second-order valence-electron chi connectivity index (χ2n) is 4.04. The minimum atomic E-state index is 0.146. The van der Waals surface area contributed by atoms with Gasteiger partial charge in [-0.15, -0.1) is 0 Å². The van der Waals surface area contributed by atoms with E-state index in [0.29, 0.717) is 6.42 Å². The smallest absolute Gasteiger partial charge is 0.169 e. The standard InChI is InChI=1S/C12H13BrN2OS/c1-7-5-17-6-9(7)11(16)4-10-12(13)8(2)14-15(10)3/h5-6H,4H2,1-3H3. The van der Waals surface area contributed by atoms with Crippen molar-refractivity contribution in [3.8, 4) is 0 Å². The molecular weight excluding hydrogens is 300 g/mol. The molecule has 2 rings (SSSR count). The number of aromatic nitrogens is 2. The van der Waals surface area contributed by atoms with Crippen molar-refractivity contribution >= 4 is 33.0 Å². The first-order valence-corrected chi connectivity index (χ1v) is 6.98. The number of hydrogen-bond acceptors (Lipinski definition) is 3. The molecule has 0 fully saturated rings. The Hall–Kier alpha value is -0.940. The number of halogens is 1. The van der Waals surface area contributed by atoms with Crippen LogP contribution in [0.2, 0.25) is 0 Å². The number of ketones is 1. The summed E-state index contributed by atoms with van der Waals surface area (Å²) in [5.74, 6) is 0.146. The summed E-state index contributed by atoms with van der Waals surface area (Å²) in [4.78, 5) is 12.2. The second-order valence-corrected chi connectivity index (χ2v) is 5.57. The van der Waals surface area contributed by atoms with Crippen molar-refractivity contribution in [1.29, 1.82) is 0 Å². The maximum absolute atomic E-state index is 12.2. The molecule has 3 nitrogen and oxygen atoms in total. The Balaban J connectivity index is 2.28. The van der Waals surface area contributed by atoms with Crippen molar-refractivity contribution in [3.63, 3.8) is 0 Å². The van der Waals surface area contributed by atoms with Gasteiger partial charge in [0.25, 0.3) is 0 Å². The highest BCUT2D eigenvalue weighted by atomic mass is 79.9. The van der Waals surface area contributed by atoms with E-state index in [1.165, 1.54) is 0 Å². The number of carbonyl (C=O) groups is 1. The van der Waals surface area contributed by atoms with E-state index in [9.17, 15) is 4.79 Å². The highest BCUT2D eigenvalue weighted by Gasteiger charge is 2.17. The molecular formula is C12H13BrN2OS. The maximum atomic E-state index is 12.2. The largest absolute Gasteiger partial charge is 0.294 e. The molecule has 0 amide bonds. The monoisotopic (exact) mass is 312 g/mol. The van der Waals surface area contributed by atoms with Gasteiger partial charge >= 0.3 is 0 Å². The molecule has 0 atom stereocenters. The lowest BCUT2D eigenvalue weighted by molar-refractivity contribution is 0.0990. The first-order valence-electron chi connectivity index (χ1n) is 5.24. The SMILES string of the molecule is Cc1cscc1C(=O)Cc1c(Br)c(C)nn1C. The van der Waals surface area contributed by atoms with Gasteiger partial charge in [0.15, 0.2) is 5.78 Å². The van der Waals surface area contributed by atoms with Crippen LogP contribution in [-0.4, -0.2) is 15.6 Å². The van der Waals surface area contributed by atoms with Gasteiger partial charge in [0.2, 0.25) is 0 Å². The molecule has 0 aromatic carbocycles. The van der Waals surface area contributed by atoms with Gasteiger partial charge in [-0.05, 0) is 40.7 Å². The zero-order valence-corrected chi connectivity index (χ0v) is 12.4. The fourth-order valence-electron chi connectivity index (χ4n) is 1.77. The zero-order valence-electron chi connectivity index (χ0n) is 9.95. The molecule has 0 bridgehead atoms. The van der Waals surface area contributed by atoms with Crippen molar-refractivity contribution in [2.75, 3.05) is 0 Å².